The molecule has 0 amide bonds. The van der Waals surface area contributed by atoms with Crippen LogP contribution in [0.1, 0.15) is 19.4 Å². The van der Waals surface area contributed by atoms with E-state index >= 15 is 0 Å². The van der Waals surface area contributed by atoms with Crippen molar-refractivity contribution in [1.82, 2.24) is 9.97 Å². The molecule has 0 aliphatic heterocycles. The molecule has 0 fully saturated rings. The minimum Gasteiger partial charge on any atom is -0.501 e. The number of thiophene rings is 1. The minimum absolute atomic E-state index is 0. The van der Waals surface area contributed by atoms with Crippen LogP contribution in [0.2, 0.25) is 0 Å². The number of furan rings is 1. The Labute approximate surface area is 284 Å². The van der Waals surface area contributed by atoms with Crippen molar-refractivity contribution in [2.45, 2.75) is 13.7 Å². The van der Waals surface area contributed by atoms with Crippen molar-refractivity contribution in [1.29, 1.82) is 0 Å². The molecule has 0 bridgehead atoms. The Bertz CT molecular complexity index is 2590. The average Bonchev–Trinajstić information content (AvgIpc) is 3.78. The van der Waals surface area contributed by atoms with Crippen LogP contribution in [-0.4, -0.2) is 9.97 Å². The van der Waals surface area contributed by atoms with Gasteiger partial charge in [-0.15, -0.1) is 64.9 Å². The quantitative estimate of drug-likeness (QED) is 0.164. The van der Waals surface area contributed by atoms with Crippen LogP contribution >= 0.6 is 22.7 Å². The zero-order valence-corrected chi connectivity index (χ0v) is 26.9. The Kier molecular flexibility index (Phi) is 5.95. The van der Waals surface area contributed by atoms with Gasteiger partial charge >= 0.3 is 0 Å². The van der Waals surface area contributed by atoms with Crippen molar-refractivity contribution in [3.63, 3.8) is 0 Å². The first-order valence-electron chi connectivity index (χ1n) is 16.6. The molecule has 0 unspecified atom stereocenters. The third kappa shape index (κ3) is 5.14. The van der Waals surface area contributed by atoms with E-state index in [9.17, 15) is 0 Å². The van der Waals surface area contributed by atoms with Gasteiger partial charge in [-0.3, -0.25) is 4.98 Å². The van der Waals surface area contributed by atoms with Gasteiger partial charge in [0.1, 0.15) is 10.4 Å². The van der Waals surface area contributed by atoms with Crippen molar-refractivity contribution in [2.24, 2.45) is 0 Å². The topological polar surface area (TPSA) is 38.9 Å². The molecule has 0 aliphatic carbocycles. The number of benzene rings is 5. The normalized spacial score (nSPS) is 13.8. The Morgan fingerprint density at radius 2 is 1.59 bits per heavy atom. The molecule has 0 aliphatic rings. The molecular weight excluding hydrogens is 757 g/mol. The summed E-state index contributed by atoms with van der Waals surface area (Å²) in [4.78, 5) is 10.1. The molecule has 215 valence electrons. The molecule has 0 saturated heterocycles. The fourth-order valence-electron chi connectivity index (χ4n) is 5.22. The van der Waals surface area contributed by atoms with Crippen LogP contribution in [0.4, 0.5) is 0 Å². The Morgan fingerprint density at radius 3 is 2.39 bits per heavy atom. The van der Waals surface area contributed by atoms with Crippen molar-refractivity contribution in [3.05, 3.63) is 133 Å². The molecule has 4 heterocycles. The molecule has 0 saturated carbocycles. The van der Waals surface area contributed by atoms with Gasteiger partial charge in [0.25, 0.3) is 0 Å². The van der Waals surface area contributed by atoms with Crippen molar-refractivity contribution in [3.8, 4) is 21.8 Å². The average molecular weight is 787 g/mol. The molecule has 4 aromatic heterocycles. The van der Waals surface area contributed by atoms with E-state index in [4.69, 9.17) is 17.6 Å². The second-order valence-electron chi connectivity index (χ2n) is 10.1. The summed E-state index contributed by atoms with van der Waals surface area (Å²) < 4.78 is 52.4. The number of para-hydroxylation sites is 1. The first kappa shape index (κ1) is 22.3. The minimum atomic E-state index is -2.18. The Morgan fingerprint density at radius 1 is 0.773 bits per heavy atom. The summed E-state index contributed by atoms with van der Waals surface area (Å²) in [6.07, 6.45) is 1.30. The van der Waals surface area contributed by atoms with E-state index in [1.165, 1.54) is 50.0 Å². The van der Waals surface area contributed by atoms with Crippen LogP contribution in [0.25, 0.3) is 74.2 Å². The maximum absolute atomic E-state index is 7.28. The molecule has 44 heavy (non-hydrogen) atoms. The maximum Gasteiger partial charge on any atom is 0.124 e. The standard InChI is InChI=1S/C25H12NOS2.C13H12N.Ir/c1-2-7-15-13-21-19(12-14(15)6-1)23-25(28-21)26-24(29-23)18-10-5-9-17-16-8-3-4-11-20(16)27-22(17)18;1-10-3-6-12(7-4-10)13-8-5-11(2)9-14-13;/h1-9,11-13H;3-6,8-9H,1-2H3;/q2*-1;/i;1D3,2D3;. The van der Waals surface area contributed by atoms with Gasteiger partial charge in [-0.2, -0.15) is 11.3 Å². The van der Waals surface area contributed by atoms with Gasteiger partial charge in [0.05, 0.1) is 10.3 Å². The SMILES string of the molecule is [2H]C([2H])([2H])c1c[c-]c(-c2ccc(C([2H])([2H])[2H])cn2)cc1.[Ir].[c-]1ccc2c(oc3ccccc32)c1-c1nc2sc3cc4ccccc4cc3c2s1. The number of aromatic nitrogens is 2. The van der Waals surface area contributed by atoms with Crippen LogP contribution in [0.5, 0.6) is 0 Å². The Hall–Kier alpha value is -4.19. The molecule has 3 nitrogen and oxygen atoms in total. The molecule has 0 atom stereocenters. The molecule has 5 aromatic carbocycles. The third-order valence-corrected chi connectivity index (χ3v) is 9.58. The van der Waals surface area contributed by atoms with Crippen LogP contribution in [0.3, 0.4) is 0 Å². The number of aryl methyl sites for hydroxylation is 2. The van der Waals surface area contributed by atoms with Gasteiger partial charge < -0.3 is 9.40 Å². The van der Waals surface area contributed by atoms with E-state index in [1.807, 2.05) is 24.3 Å². The molecule has 9 aromatic rings. The Balaban J connectivity index is 0.000000166. The van der Waals surface area contributed by atoms with Gasteiger partial charge in [-0.25, -0.2) is 0 Å². The zero-order chi connectivity index (χ0) is 33.9. The summed E-state index contributed by atoms with van der Waals surface area (Å²) in [7, 11) is 0. The molecule has 9 rings (SSSR count). The van der Waals surface area contributed by atoms with E-state index < -0.39 is 13.7 Å². The van der Waals surface area contributed by atoms with E-state index in [1.54, 1.807) is 34.8 Å². The van der Waals surface area contributed by atoms with Gasteiger partial charge in [0, 0.05) is 55.0 Å². The molecule has 0 spiro atoms. The number of thiazole rings is 1. The first-order valence-corrected chi connectivity index (χ1v) is 15.2. The van der Waals surface area contributed by atoms with E-state index in [0.29, 0.717) is 11.3 Å². The molecular formula is C38H24IrN2OS2-2. The van der Waals surface area contributed by atoms with Crippen LogP contribution in [0, 0.1) is 25.8 Å². The third-order valence-electron chi connectivity index (χ3n) is 7.30. The first-order chi connectivity index (χ1) is 23.5. The van der Waals surface area contributed by atoms with E-state index in [-0.39, 0.29) is 31.2 Å². The zero-order valence-electron chi connectivity index (χ0n) is 28.8. The predicted molar refractivity (Wildman–Crippen MR) is 182 cm³/mol. The van der Waals surface area contributed by atoms with Gasteiger partial charge in [0.15, 0.2) is 0 Å². The van der Waals surface area contributed by atoms with E-state index in [0.717, 1.165) is 37.3 Å². The summed E-state index contributed by atoms with van der Waals surface area (Å²) >= 11 is 3.49. The van der Waals surface area contributed by atoms with Crippen LogP contribution in [-0.2, 0) is 20.1 Å². The van der Waals surface area contributed by atoms with Gasteiger partial charge in [-0.1, -0.05) is 72.4 Å². The van der Waals surface area contributed by atoms with Crippen LogP contribution in [0.15, 0.2) is 114 Å². The van der Waals surface area contributed by atoms with Crippen molar-refractivity contribution >= 4 is 75.0 Å². The van der Waals surface area contributed by atoms with Crippen molar-refractivity contribution < 1.29 is 32.7 Å². The largest absolute Gasteiger partial charge is 0.501 e. The fourth-order valence-corrected chi connectivity index (χ4v) is 7.60. The summed E-state index contributed by atoms with van der Waals surface area (Å²) in [5, 5.41) is 7.03. The molecule has 1 radical (unpaired) electrons. The van der Waals surface area contributed by atoms with Gasteiger partial charge in [0.2, 0.25) is 0 Å². The number of fused-ring (bicyclic) bond motifs is 7. The monoisotopic (exact) mass is 787 g/mol. The van der Waals surface area contributed by atoms with E-state index in [2.05, 4.69) is 65.6 Å². The second-order valence-corrected chi connectivity index (χ2v) is 12.1. The molecule has 0 N–H and O–H groups in total. The molecule has 6 heteroatoms. The maximum atomic E-state index is 7.28. The van der Waals surface area contributed by atoms with Gasteiger partial charge in [-0.05, 0) is 47.1 Å². The summed E-state index contributed by atoms with van der Waals surface area (Å²) in [6.45, 7) is -4.34. The summed E-state index contributed by atoms with van der Waals surface area (Å²) in [6, 6.07) is 39.1. The number of nitrogens with zero attached hydrogens (tertiary/aromatic N) is 2. The number of rotatable bonds is 2. The van der Waals surface area contributed by atoms with Crippen molar-refractivity contribution in [2.75, 3.05) is 0 Å². The fraction of sp³-hybridized carbons (Fsp3) is 0.0526. The number of hydrogen-bond acceptors (Lipinski definition) is 5. The van der Waals surface area contributed by atoms with Crippen LogP contribution < -0.4 is 0 Å². The number of hydrogen-bond donors (Lipinski definition) is 0. The predicted octanol–water partition coefficient (Wildman–Crippen LogP) is 11.2. The summed E-state index contributed by atoms with van der Waals surface area (Å²) in [5.41, 5.74) is 4.26. The summed E-state index contributed by atoms with van der Waals surface area (Å²) in [5.74, 6) is 0. The smallest absolute Gasteiger partial charge is 0.124 e. The second kappa shape index (κ2) is 11.7. The number of pyridine rings is 1.